The maximum Gasteiger partial charge on any atom is 0.272 e. The van der Waals surface area contributed by atoms with Gasteiger partial charge in [0.25, 0.3) is 5.91 Å². The highest BCUT2D eigenvalue weighted by Crippen LogP contribution is 2.37. The molecule has 1 aliphatic heterocycles. The molecular weight excluding hydrogens is 364 g/mol. The predicted octanol–water partition coefficient (Wildman–Crippen LogP) is 2.70. The summed E-state index contributed by atoms with van der Waals surface area (Å²) in [5.74, 6) is -0.552. The summed E-state index contributed by atoms with van der Waals surface area (Å²) in [5.41, 5.74) is 8.47. The van der Waals surface area contributed by atoms with Crippen LogP contribution in [0.15, 0.2) is 73.2 Å². The molecule has 0 saturated carbocycles. The number of carbonyl (C=O) groups excluding carboxylic acids is 2. The molecule has 1 fully saturated rings. The number of hydrogen-bond donors (Lipinski definition) is 1. The molecule has 3 heterocycles. The minimum absolute atomic E-state index is 0.172. The summed E-state index contributed by atoms with van der Waals surface area (Å²) in [5, 5.41) is 0. The molecule has 1 aromatic carbocycles. The van der Waals surface area contributed by atoms with Gasteiger partial charge in [0.15, 0.2) is 0 Å². The Morgan fingerprint density at radius 3 is 2.59 bits per heavy atom. The Hall–Kier alpha value is -3.54. The quantitative estimate of drug-likeness (QED) is 0.730. The first-order valence-electron chi connectivity index (χ1n) is 9.58. The zero-order valence-electron chi connectivity index (χ0n) is 16.0. The van der Waals surface area contributed by atoms with Crippen LogP contribution >= 0.6 is 0 Å². The number of likely N-dealkylation sites (tertiary alicyclic amines) is 1. The van der Waals surface area contributed by atoms with Crippen molar-refractivity contribution in [3.63, 3.8) is 0 Å². The van der Waals surface area contributed by atoms with E-state index in [2.05, 4.69) is 9.97 Å². The molecule has 0 bridgehead atoms. The number of nitrogens with two attached hydrogens (primary N) is 1. The van der Waals surface area contributed by atoms with E-state index in [1.807, 2.05) is 36.4 Å². The van der Waals surface area contributed by atoms with E-state index in [4.69, 9.17) is 5.73 Å². The fraction of sp³-hybridized carbons (Fsp3) is 0.217. The Bertz CT molecular complexity index is 1020. The van der Waals surface area contributed by atoms with Crippen LogP contribution in [0.4, 0.5) is 0 Å². The Morgan fingerprint density at radius 1 is 1.03 bits per heavy atom. The van der Waals surface area contributed by atoms with Crippen molar-refractivity contribution >= 4 is 11.8 Å². The second-order valence-electron chi connectivity index (χ2n) is 7.41. The predicted molar refractivity (Wildman–Crippen MR) is 110 cm³/mol. The SMILES string of the molecule is NC(=O)[C@@]1(Cc2ccccc2-c2cccnc2)CCN(C(=O)c2ccccn2)C1. The van der Waals surface area contributed by atoms with Crippen LogP contribution in [0.25, 0.3) is 11.1 Å². The summed E-state index contributed by atoms with van der Waals surface area (Å²) >= 11 is 0. The summed E-state index contributed by atoms with van der Waals surface area (Å²) in [6, 6.07) is 17.1. The first-order chi connectivity index (χ1) is 14.1. The van der Waals surface area contributed by atoms with Crippen molar-refractivity contribution in [3.8, 4) is 11.1 Å². The van der Waals surface area contributed by atoms with Crippen LogP contribution in [0.2, 0.25) is 0 Å². The summed E-state index contributed by atoms with van der Waals surface area (Å²) < 4.78 is 0. The maximum absolute atomic E-state index is 12.8. The van der Waals surface area contributed by atoms with Gasteiger partial charge in [0.05, 0.1) is 5.41 Å². The molecular formula is C23H22N4O2. The van der Waals surface area contributed by atoms with Crippen LogP contribution in [0.5, 0.6) is 0 Å². The van der Waals surface area contributed by atoms with Crippen LogP contribution in [0.1, 0.15) is 22.5 Å². The van der Waals surface area contributed by atoms with Crippen LogP contribution in [-0.2, 0) is 11.2 Å². The van der Waals surface area contributed by atoms with Gasteiger partial charge in [-0.1, -0.05) is 36.4 Å². The highest BCUT2D eigenvalue weighted by molar-refractivity contribution is 5.93. The molecule has 29 heavy (non-hydrogen) atoms. The average Bonchev–Trinajstić information content (AvgIpc) is 3.20. The zero-order chi connectivity index (χ0) is 20.3. The molecule has 2 N–H and O–H groups in total. The standard InChI is InChI=1S/C23H22N4O2/c24-22(29)23(10-13-27(16-23)21(28)20-9-3-4-12-26-20)14-17-6-1-2-8-19(17)18-7-5-11-25-15-18/h1-9,11-12,15H,10,13-14,16H2,(H2,24,29)/t23-/m1/s1. The lowest BCUT2D eigenvalue weighted by Crippen LogP contribution is -2.42. The van der Waals surface area contributed by atoms with E-state index in [1.54, 1.807) is 41.7 Å². The van der Waals surface area contributed by atoms with Crippen molar-refractivity contribution in [2.75, 3.05) is 13.1 Å². The Kier molecular flexibility index (Phi) is 5.08. The molecule has 6 heteroatoms. The first-order valence-corrected chi connectivity index (χ1v) is 9.58. The third kappa shape index (κ3) is 3.74. The minimum Gasteiger partial charge on any atom is -0.369 e. The number of primary amides is 1. The fourth-order valence-corrected chi connectivity index (χ4v) is 3.97. The van der Waals surface area contributed by atoms with Gasteiger partial charge in [-0.05, 0) is 42.2 Å². The van der Waals surface area contributed by atoms with Crippen LogP contribution in [0.3, 0.4) is 0 Å². The lowest BCUT2D eigenvalue weighted by Gasteiger charge is -2.27. The topological polar surface area (TPSA) is 89.2 Å². The largest absolute Gasteiger partial charge is 0.369 e. The molecule has 1 atom stereocenters. The van der Waals surface area contributed by atoms with Crippen molar-refractivity contribution in [2.24, 2.45) is 11.1 Å². The number of pyridine rings is 2. The van der Waals surface area contributed by atoms with Crippen molar-refractivity contribution in [1.82, 2.24) is 14.9 Å². The summed E-state index contributed by atoms with van der Waals surface area (Å²) in [7, 11) is 0. The highest BCUT2D eigenvalue weighted by Gasteiger charge is 2.45. The van der Waals surface area contributed by atoms with Crippen LogP contribution in [-0.4, -0.2) is 39.8 Å². The molecule has 3 aromatic rings. The maximum atomic E-state index is 12.8. The molecule has 146 valence electrons. The number of nitrogens with zero attached hydrogens (tertiary/aromatic N) is 3. The average molecular weight is 386 g/mol. The van der Waals surface area contributed by atoms with Crippen molar-refractivity contribution < 1.29 is 9.59 Å². The van der Waals surface area contributed by atoms with E-state index >= 15 is 0 Å². The van der Waals surface area contributed by atoms with E-state index in [0.29, 0.717) is 31.6 Å². The molecule has 4 rings (SSSR count). The molecule has 0 aliphatic carbocycles. The third-order valence-electron chi connectivity index (χ3n) is 5.57. The smallest absolute Gasteiger partial charge is 0.272 e. The molecule has 1 saturated heterocycles. The third-order valence-corrected chi connectivity index (χ3v) is 5.57. The Labute approximate surface area is 169 Å². The molecule has 2 aromatic heterocycles. The minimum atomic E-state index is -0.803. The molecule has 0 radical (unpaired) electrons. The number of aromatic nitrogens is 2. The van der Waals surface area contributed by atoms with Gasteiger partial charge in [-0.3, -0.25) is 19.6 Å². The summed E-state index contributed by atoms with van der Waals surface area (Å²) in [6.45, 7) is 0.770. The second kappa shape index (κ2) is 7.83. The molecule has 6 nitrogen and oxygen atoms in total. The van der Waals surface area contributed by atoms with Crippen molar-refractivity contribution in [1.29, 1.82) is 0 Å². The van der Waals surface area contributed by atoms with E-state index in [1.165, 1.54) is 0 Å². The molecule has 1 aliphatic rings. The van der Waals surface area contributed by atoms with E-state index in [0.717, 1.165) is 16.7 Å². The first kappa shape index (κ1) is 18.8. The molecule has 0 unspecified atom stereocenters. The van der Waals surface area contributed by atoms with Gasteiger partial charge >= 0.3 is 0 Å². The Morgan fingerprint density at radius 2 is 1.86 bits per heavy atom. The van der Waals surface area contributed by atoms with Gasteiger partial charge < -0.3 is 10.6 Å². The molecule has 2 amide bonds. The van der Waals surface area contributed by atoms with E-state index in [-0.39, 0.29) is 11.8 Å². The number of hydrogen-bond acceptors (Lipinski definition) is 4. The second-order valence-corrected chi connectivity index (χ2v) is 7.41. The van der Waals surface area contributed by atoms with Crippen LogP contribution < -0.4 is 5.73 Å². The van der Waals surface area contributed by atoms with Gasteiger partial charge in [-0.25, -0.2) is 0 Å². The van der Waals surface area contributed by atoms with Crippen molar-refractivity contribution in [2.45, 2.75) is 12.8 Å². The van der Waals surface area contributed by atoms with E-state index < -0.39 is 5.41 Å². The normalized spacial score (nSPS) is 18.6. The van der Waals surface area contributed by atoms with Gasteiger partial charge in [0.1, 0.15) is 5.69 Å². The number of amides is 2. The summed E-state index contributed by atoms with van der Waals surface area (Å²) in [4.78, 5) is 35.4. The van der Waals surface area contributed by atoms with Crippen molar-refractivity contribution in [3.05, 3.63) is 84.4 Å². The van der Waals surface area contributed by atoms with Gasteiger partial charge in [-0.2, -0.15) is 0 Å². The number of rotatable bonds is 5. The van der Waals surface area contributed by atoms with Gasteiger partial charge in [0, 0.05) is 37.2 Å². The lowest BCUT2D eigenvalue weighted by molar-refractivity contribution is -0.126. The number of carbonyl (C=O) groups is 2. The zero-order valence-corrected chi connectivity index (χ0v) is 16.0. The monoisotopic (exact) mass is 386 g/mol. The van der Waals surface area contributed by atoms with Crippen LogP contribution in [0, 0.1) is 5.41 Å². The molecule has 0 spiro atoms. The van der Waals surface area contributed by atoms with Gasteiger partial charge in [0.2, 0.25) is 5.91 Å². The van der Waals surface area contributed by atoms with E-state index in [9.17, 15) is 9.59 Å². The summed E-state index contributed by atoms with van der Waals surface area (Å²) in [6.07, 6.45) is 6.13. The lowest BCUT2D eigenvalue weighted by atomic mass is 9.78. The number of benzene rings is 1. The Balaban J connectivity index is 1.62. The van der Waals surface area contributed by atoms with Gasteiger partial charge in [-0.15, -0.1) is 0 Å². The highest BCUT2D eigenvalue weighted by atomic mass is 16.2. The fourth-order valence-electron chi connectivity index (χ4n) is 3.97.